The van der Waals surface area contributed by atoms with E-state index in [0.29, 0.717) is 22.2 Å². The molecule has 0 fully saturated rings. The van der Waals surface area contributed by atoms with Gasteiger partial charge in [-0.3, -0.25) is 10.1 Å². The normalized spacial score (nSPS) is 10.6. The van der Waals surface area contributed by atoms with E-state index >= 15 is 0 Å². The van der Waals surface area contributed by atoms with E-state index in [9.17, 15) is 9.18 Å². The fourth-order valence-corrected chi connectivity index (χ4v) is 3.58. The summed E-state index contributed by atoms with van der Waals surface area (Å²) in [5, 5.41) is 8.21. The monoisotopic (exact) mass is 404 g/mol. The molecule has 0 saturated heterocycles. The standard InChI is InChI=1S/C22H17FN4OS/c1-14-6-2-3-9-17(14)19-13-29-22(26-19)27-21(28)18-10-5-11-24-20(18)25-16-8-4-7-15(23)12-16/h2-13H,1H3,(H,24,25)(H,26,27,28). The summed E-state index contributed by atoms with van der Waals surface area (Å²) in [4.78, 5) is 21.6. The summed E-state index contributed by atoms with van der Waals surface area (Å²) in [5.74, 6) is -0.377. The van der Waals surface area contributed by atoms with Crippen molar-refractivity contribution in [1.29, 1.82) is 0 Å². The smallest absolute Gasteiger partial charge is 0.261 e. The molecule has 4 rings (SSSR count). The first-order valence-electron chi connectivity index (χ1n) is 8.90. The third kappa shape index (κ3) is 4.30. The van der Waals surface area contributed by atoms with Gasteiger partial charge < -0.3 is 5.32 Å². The summed E-state index contributed by atoms with van der Waals surface area (Å²) in [5.41, 5.74) is 3.80. The minimum atomic E-state index is -0.372. The number of nitrogens with one attached hydrogen (secondary N) is 2. The first-order chi connectivity index (χ1) is 14.1. The molecule has 0 aliphatic heterocycles. The minimum absolute atomic E-state index is 0.337. The van der Waals surface area contributed by atoms with Gasteiger partial charge in [0.15, 0.2) is 5.13 Å². The third-order valence-corrected chi connectivity index (χ3v) is 5.04. The van der Waals surface area contributed by atoms with E-state index in [1.54, 1.807) is 30.5 Å². The number of nitrogens with zero attached hydrogens (tertiary/aromatic N) is 2. The summed E-state index contributed by atoms with van der Waals surface area (Å²) in [7, 11) is 0. The van der Waals surface area contributed by atoms with E-state index < -0.39 is 0 Å². The number of amides is 1. The number of carbonyl (C=O) groups is 1. The molecule has 0 aliphatic carbocycles. The van der Waals surface area contributed by atoms with Crippen molar-refractivity contribution in [3.63, 3.8) is 0 Å². The maximum Gasteiger partial charge on any atom is 0.261 e. The molecule has 5 nitrogen and oxygen atoms in total. The Hall–Kier alpha value is -3.58. The van der Waals surface area contributed by atoms with Crippen LogP contribution in [-0.2, 0) is 0 Å². The summed E-state index contributed by atoms with van der Waals surface area (Å²) in [6.07, 6.45) is 1.57. The van der Waals surface area contributed by atoms with E-state index in [1.165, 1.54) is 23.5 Å². The first-order valence-corrected chi connectivity index (χ1v) is 9.78. The van der Waals surface area contributed by atoms with Crippen LogP contribution in [0, 0.1) is 12.7 Å². The molecule has 144 valence electrons. The maximum atomic E-state index is 13.4. The number of carbonyl (C=O) groups excluding carboxylic acids is 1. The number of hydrogen-bond donors (Lipinski definition) is 2. The molecule has 0 atom stereocenters. The zero-order valence-electron chi connectivity index (χ0n) is 15.5. The highest BCUT2D eigenvalue weighted by Gasteiger charge is 2.15. The Bertz CT molecular complexity index is 1170. The first kappa shape index (κ1) is 18.8. The number of hydrogen-bond acceptors (Lipinski definition) is 5. The highest BCUT2D eigenvalue weighted by atomic mass is 32.1. The van der Waals surface area contributed by atoms with Gasteiger partial charge in [0, 0.05) is 22.8 Å². The zero-order valence-corrected chi connectivity index (χ0v) is 16.3. The number of aryl methyl sites for hydroxylation is 1. The molecule has 29 heavy (non-hydrogen) atoms. The lowest BCUT2D eigenvalue weighted by atomic mass is 10.1. The highest BCUT2D eigenvalue weighted by Crippen LogP contribution is 2.28. The second kappa shape index (κ2) is 8.20. The van der Waals surface area contributed by atoms with E-state index in [1.807, 2.05) is 36.6 Å². The van der Waals surface area contributed by atoms with Gasteiger partial charge in [-0.05, 0) is 42.8 Å². The van der Waals surface area contributed by atoms with Crippen LogP contribution >= 0.6 is 11.3 Å². The van der Waals surface area contributed by atoms with Crippen molar-refractivity contribution in [2.45, 2.75) is 6.92 Å². The van der Waals surface area contributed by atoms with Crippen molar-refractivity contribution >= 4 is 33.9 Å². The number of anilines is 3. The molecule has 2 aromatic heterocycles. The van der Waals surface area contributed by atoms with E-state index in [-0.39, 0.29) is 11.7 Å². The van der Waals surface area contributed by atoms with Crippen LogP contribution in [0.25, 0.3) is 11.3 Å². The van der Waals surface area contributed by atoms with Gasteiger partial charge in [-0.1, -0.05) is 30.3 Å². The van der Waals surface area contributed by atoms with Crippen LogP contribution in [0.15, 0.2) is 72.2 Å². The number of benzene rings is 2. The van der Waals surface area contributed by atoms with Gasteiger partial charge in [0.05, 0.1) is 11.3 Å². The van der Waals surface area contributed by atoms with Gasteiger partial charge in [0.2, 0.25) is 0 Å². The fourth-order valence-electron chi connectivity index (χ4n) is 2.87. The Morgan fingerprint density at radius 2 is 1.93 bits per heavy atom. The van der Waals surface area contributed by atoms with Crippen LogP contribution < -0.4 is 10.6 Å². The predicted molar refractivity (Wildman–Crippen MR) is 114 cm³/mol. The molecule has 0 bridgehead atoms. The van der Waals surface area contributed by atoms with E-state index in [2.05, 4.69) is 20.6 Å². The summed E-state index contributed by atoms with van der Waals surface area (Å²) in [6, 6.07) is 17.3. The van der Waals surface area contributed by atoms with Crippen molar-refractivity contribution in [3.8, 4) is 11.3 Å². The number of halogens is 1. The van der Waals surface area contributed by atoms with Crippen LogP contribution in [-0.4, -0.2) is 15.9 Å². The molecule has 0 radical (unpaired) electrons. The Morgan fingerprint density at radius 1 is 1.07 bits per heavy atom. The lowest BCUT2D eigenvalue weighted by Gasteiger charge is -2.10. The second-order valence-corrected chi connectivity index (χ2v) is 7.20. The third-order valence-electron chi connectivity index (χ3n) is 4.29. The van der Waals surface area contributed by atoms with E-state index in [4.69, 9.17) is 0 Å². The Morgan fingerprint density at radius 3 is 2.76 bits per heavy atom. The molecular formula is C22H17FN4OS. The lowest BCUT2D eigenvalue weighted by molar-refractivity contribution is 0.102. The number of rotatable bonds is 5. The van der Waals surface area contributed by atoms with Gasteiger partial charge in [-0.2, -0.15) is 0 Å². The zero-order chi connectivity index (χ0) is 20.2. The number of thiazole rings is 1. The summed E-state index contributed by atoms with van der Waals surface area (Å²) in [6.45, 7) is 2.02. The molecule has 4 aromatic rings. The topological polar surface area (TPSA) is 66.9 Å². The Balaban J connectivity index is 1.55. The van der Waals surface area contributed by atoms with Crippen molar-refractivity contribution in [1.82, 2.24) is 9.97 Å². The average Bonchev–Trinajstić information content (AvgIpc) is 3.17. The molecule has 7 heteroatoms. The van der Waals surface area contributed by atoms with Gasteiger partial charge in [0.1, 0.15) is 11.6 Å². The van der Waals surface area contributed by atoms with Crippen LogP contribution in [0.5, 0.6) is 0 Å². The van der Waals surface area contributed by atoms with Crippen molar-refractivity contribution in [2.75, 3.05) is 10.6 Å². The molecule has 0 aliphatic rings. The van der Waals surface area contributed by atoms with Crippen molar-refractivity contribution in [3.05, 3.63) is 89.2 Å². The Labute approximate surface area is 171 Å². The molecule has 2 heterocycles. The number of pyridine rings is 1. The minimum Gasteiger partial charge on any atom is -0.339 e. The molecule has 1 amide bonds. The van der Waals surface area contributed by atoms with Gasteiger partial charge in [-0.25, -0.2) is 14.4 Å². The quantitative estimate of drug-likeness (QED) is 0.451. The largest absolute Gasteiger partial charge is 0.339 e. The van der Waals surface area contributed by atoms with E-state index in [0.717, 1.165) is 16.8 Å². The summed E-state index contributed by atoms with van der Waals surface area (Å²) >= 11 is 1.35. The lowest BCUT2D eigenvalue weighted by Crippen LogP contribution is -2.14. The number of aromatic nitrogens is 2. The molecule has 0 saturated carbocycles. The van der Waals surface area contributed by atoms with Crippen LogP contribution in [0.3, 0.4) is 0 Å². The van der Waals surface area contributed by atoms with Crippen molar-refractivity contribution < 1.29 is 9.18 Å². The van der Waals surface area contributed by atoms with Gasteiger partial charge in [-0.15, -0.1) is 11.3 Å². The molecular weight excluding hydrogens is 387 g/mol. The molecule has 0 unspecified atom stereocenters. The second-order valence-electron chi connectivity index (χ2n) is 6.34. The molecule has 2 N–H and O–H groups in total. The SMILES string of the molecule is Cc1ccccc1-c1csc(NC(=O)c2cccnc2Nc2cccc(F)c2)n1. The van der Waals surface area contributed by atoms with Crippen LogP contribution in [0.4, 0.5) is 21.0 Å². The molecule has 0 spiro atoms. The van der Waals surface area contributed by atoms with Crippen LogP contribution in [0.2, 0.25) is 0 Å². The Kier molecular flexibility index (Phi) is 5.31. The van der Waals surface area contributed by atoms with Crippen LogP contribution in [0.1, 0.15) is 15.9 Å². The predicted octanol–water partition coefficient (Wildman–Crippen LogP) is 5.65. The van der Waals surface area contributed by atoms with Gasteiger partial charge >= 0.3 is 0 Å². The highest BCUT2D eigenvalue weighted by molar-refractivity contribution is 7.14. The van der Waals surface area contributed by atoms with Crippen molar-refractivity contribution in [2.24, 2.45) is 0 Å². The summed E-state index contributed by atoms with van der Waals surface area (Å²) < 4.78 is 13.4. The fraction of sp³-hybridized carbons (Fsp3) is 0.0455. The maximum absolute atomic E-state index is 13.4. The van der Waals surface area contributed by atoms with Gasteiger partial charge in [0.25, 0.3) is 5.91 Å². The average molecular weight is 404 g/mol. The molecule has 2 aromatic carbocycles.